The number of hydrogen-bond acceptors (Lipinski definition) is 3. The Bertz CT molecular complexity index is 434. The summed E-state index contributed by atoms with van der Waals surface area (Å²) in [5.74, 6) is 0.651. The molecule has 1 unspecified atom stereocenters. The maximum absolute atomic E-state index is 12.0. The van der Waals surface area contributed by atoms with Crippen molar-refractivity contribution in [2.75, 3.05) is 25.1 Å². The molecule has 118 valence electrons. The number of hydrogen-bond donors (Lipinski definition) is 2. The highest BCUT2D eigenvalue weighted by molar-refractivity contribution is 5.91. The monoisotopic (exact) mass is 312 g/mol. The predicted octanol–water partition coefficient (Wildman–Crippen LogP) is 2.97. The third-order valence-corrected chi connectivity index (χ3v) is 3.66. The summed E-state index contributed by atoms with van der Waals surface area (Å²) in [6.07, 6.45) is 2.58. The lowest BCUT2D eigenvalue weighted by Crippen LogP contribution is -2.17. The molecule has 0 aliphatic carbocycles. The molecular formula is C16H25ClN2O2. The van der Waals surface area contributed by atoms with Gasteiger partial charge < -0.3 is 15.4 Å². The van der Waals surface area contributed by atoms with Crippen molar-refractivity contribution in [2.45, 2.75) is 32.7 Å². The van der Waals surface area contributed by atoms with Crippen molar-refractivity contribution in [3.63, 3.8) is 0 Å². The van der Waals surface area contributed by atoms with Crippen molar-refractivity contribution < 1.29 is 9.53 Å². The first-order valence-corrected chi connectivity index (χ1v) is 7.45. The summed E-state index contributed by atoms with van der Waals surface area (Å²) in [5.41, 5.74) is 2.05. The Labute approximate surface area is 133 Å². The van der Waals surface area contributed by atoms with E-state index in [9.17, 15) is 4.79 Å². The van der Waals surface area contributed by atoms with Crippen LogP contribution in [0.1, 0.15) is 31.7 Å². The van der Waals surface area contributed by atoms with Gasteiger partial charge >= 0.3 is 0 Å². The minimum absolute atomic E-state index is 0. The van der Waals surface area contributed by atoms with Gasteiger partial charge in [-0.3, -0.25) is 4.79 Å². The highest BCUT2D eigenvalue weighted by Gasteiger charge is 2.17. The number of halogens is 1. The number of nitrogens with one attached hydrogen (secondary N) is 2. The van der Waals surface area contributed by atoms with E-state index in [-0.39, 0.29) is 18.3 Å². The molecule has 1 amide bonds. The minimum atomic E-state index is 0. The van der Waals surface area contributed by atoms with Gasteiger partial charge in [0.1, 0.15) is 0 Å². The van der Waals surface area contributed by atoms with Gasteiger partial charge in [0.2, 0.25) is 5.91 Å². The lowest BCUT2D eigenvalue weighted by atomic mass is 10.0. The van der Waals surface area contributed by atoms with E-state index in [1.165, 1.54) is 0 Å². The number of carbonyl (C=O) groups is 1. The van der Waals surface area contributed by atoms with Gasteiger partial charge in [-0.2, -0.15) is 0 Å². The zero-order chi connectivity index (χ0) is 14.2. The Hall–Kier alpha value is -1.10. The molecule has 1 fully saturated rings. The number of rotatable bonds is 7. The zero-order valence-corrected chi connectivity index (χ0v) is 13.4. The third-order valence-electron chi connectivity index (χ3n) is 3.66. The van der Waals surface area contributed by atoms with Crippen LogP contribution >= 0.6 is 12.4 Å². The van der Waals surface area contributed by atoms with E-state index in [0.29, 0.717) is 12.3 Å². The van der Waals surface area contributed by atoms with E-state index in [1.807, 2.05) is 24.3 Å². The van der Waals surface area contributed by atoms with E-state index >= 15 is 0 Å². The fourth-order valence-corrected chi connectivity index (χ4v) is 2.41. The molecule has 2 rings (SSSR count). The number of ether oxygens (including phenoxy) is 1. The summed E-state index contributed by atoms with van der Waals surface area (Å²) in [5, 5.41) is 6.31. The van der Waals surface area contributed by atoms with Gasteiger partial charge in [-0.25, -0.2) is 0 Å². The number of carbonyl (C=O) groups excluding carboxylic acids is 1. The van der Waals surface area contributed by atoms with E-state index in [1.54, 1.807) is 0 Å². The largest absolute Gasteiger partial charge is 0.381 e. The summed E-state index contributed by atoms with van der Waals surface area (Å²) in [7, 11) is 0. The first-order chi connectivity index (χ1) is 9.79. The Balaban J connectivity index is 0.00000220. The minimum Gasteiger partial charge on any atom is -0.381 e. The first kappa shape index (κ1) is 18.0. The van der Waals surface area contributed by atoms with Crippen LogP contribution in [0.3, 0.4) is 0 Å². The molecule has 1 aliphatic rings. The van der Waals surface area contributed by atoms with Crippen LogP contribution in [-0.2, 0) is 16.1 Å². The number of benzene rings is 1. The molecule has 0 spiro atoms. The molecule has 0 aromatic heterocycles. The summed E-state index contributed by atoms with van der Waals surface area (Å²) in [6, 6.07) is 7.96. The van der Waals surface area contributed by atoms with Crippen molar-refractivity contribution in [3.8, 4) is 0 Å². The molecule has 2 N–H and O–H groups in total. The van der Waals surface area contributed by atoms with Crippen LogP contribution in [-0.4, -0.2) is 25.7 Å². The molecule has 1 heterocycles. The molecule has 1 atom stereocenters. The normalized spacial score (nSPS) is 17.3. The van der Waals surface area contributed by atoms with Crippen molar-refractivity contribution in [1.82, 2.24) is 5.32 Å². The predicted molar refractivity (Wildman–Crippen MR) is 87.9 cm³/mol. The number of anilines is 1. The Morgan fingerprint density at radius 1 is 1.38 bits per heavy atom. The van der Waals surface area contributed by atoms with Crippen molar-refractivity contribution in [2.24, 2.45) is 5.92 Å². The Kier molecular flexibility index (Phi) is 8.35. The molecule has 1 aromatic rings. The molecule has 4 nitrogen and oxygen atoms in total. The Morgan fingerprint density at radius 2 is 2.19 bits per heavy atom. The van der Waals surface area contributed by atoms with Crippen LogP contribution < -0.4 is 10.6 Å². The van der Waals surface area contributed by atoms with Crippen molar-refractivity contribution >= 4 is 24.0 Å². The average molecular weight is 313 g/mol. The second-order valence-electron chi connectivity index (χ2n) is 5.25. The van der Waals surface area contributed by atoms with Crippen LogP contribution in [0.15, 0.2) is 24.3 Å². The smallest absolute Gasteiger partial charge is 0.224 e. The van der Waals surface area contributed by atoms with Gasteiger partial charge in [0, 0.05) is 31.9 Å². The van der Waals surface area contributed by atoms with Gasteiger partial charge in [-0.1, -0.05) is 25.1 Å². The number of para-hydroxylation sites is 1. The first-order valence-electron chi connectivity index (χ1n) is 7.45. The zero-order valence-electron chi connectivity index (χ0n) is 12.6. The fraction of sp³-hybridized carbons (Fsp3) is 0.562. The Morgan fingerprint density at radius 3 is 2.90 bits per heavy atom. The van der Waals surface area contributed by atoms with Crippen LogP contribution in [0.4, 0.5) is 5.69 Å². The summed E-state index contributed by atoms with van der Waals surface area (Å²) in [4.78, 5) is 12.0. The molecule has 1 saturated heterocycles. The molecule has 0 bridgehead atoms. The van der Waals surface area contributed by atoms with E-state index in [0.717, 1.165) is 50.4 Å². The average Bonchev–Trinajstić information content (AvgIpc) is 2.97. The van der Waals surface area contributed by atoms with Crippen molar-refractivity contribution in [1.29, 1.82) is 0 Å². The second kappa shape index (κ2) is 9.77. The van der Waals surface area contributed by atoms with Crippen LogP contribution in [0.25, 0.3) is 0 Å². The SMILES string of the molecule is CCNCc1ccccc1NC(=O)CCC1CCOC1.Cl. The van der Waals surface area contributed by atoms with Gasteiger partial charge in [-0.05, 0) is 36.9 Å². The van der Waals surface area contributed by atoms with Gasteiger partial charge in [-0.15, -0.1) is 12.4 Å². The molecule has 0 saturated carbocycles. The summed E-state index contributed by atoms with van der Waals surface area (Å²) < 4.78 is 5.33. The van der Waals surface area contributed by atoms with E-state index < -0.39 is 0 Å². The highest BCUT2D eigenvalue weighted by atomic mass is 35.5. The molecule has 1 aromatic carbocycles. The molecular weight excluding hydrogens is 288 g/mol. The second-order valence-corrected chi connectivity index (χ2v) is 5.25. The summed E-state index contributed by atoms with van der Waals surface area (Å²) in [6.45, 7) is 5.43. The van der Waals surface area contributed by atoms with Gasteiger partial charge in [0.05, 0.1) is 0 Å². The van der Waals surface area contributed by atoms with E-state index in [2.05, 4.69) is 17.6 Å². The lowest BCUT2D eigenvalue weighted by Gasteiger charge is -2.12. The maximum atomic E-state index is 12.0. The standard InChI is InChI=1S/C16H24N2O2.ClH/c1-2-17-11-14-5-3-4-6-15(14)18-16(19)8-7-13-9-10-20-12-13;/h3-6,13,17H,2,7-12H2,1H3,(H,18,19);1H. The van der Waals surface area contributed by atoms with Crippen LogP contribution in [0.2, 0.25) is 0 Å². The number of amides is 1. The molecule has 5 heteroatoms. The third kappa shape index (κ3) is 6.04. The topological polar surface area (TPSA) is 50.4 Å². The molecule has 1 aliphatic heterocycles. The molecule has 21 heavy (non-hydrogen) atoms. The lowest BCUT2D eigenvalue weighted by molar-refractivity contribution is -0.116. The van der Waals surface area contributed by atoms with Crippen LogP contribution in [0, 0.1) is 5.92 Å². The molecule has 0 radical (unpaired) electrons. The fourth-order valence-electron chi connectivity index (χ4n) is 2.41. The van der Waals surface area contributed by atoms with Crippen molar-refractivity contribution in [3.05, 3.63) is 29.8 Å². The summed E-state index contributed by atoms with van der Waals surface area (Å²) >= 11 is 0. The van der Waals surface area contributed by atoms with Crippen LogP contribution in [0.5, 0.6) is 0 Å². The quantitative estimate of drug-likeness (QED) is 0.814. The van der Waals surface area contributed by atoms with Gasteiger partial charge in [0.25, 0.3) is 0 Å². The highest BCUT2D eigenvalue weighted by Crippen LogP contribution is 2.19. The van der Waals surface area contributed by atoms with Gasteiger partial charge in [0.15, 0.2) is 0 Å². The van der Waals surface area contributed by atoms with E-state index in [4.69, 9.17) is 4.74 Å². The maximum Gasteiger partial charge on any atom is 0.224 e.